The molecule has 0 aliphatic carbocycles. The first-order valence-corrected chi connectivity index (χ1v) is 6.64. The summed E-state index contributed by atoms with van der Waals surface area (Å²) in [6, 6.07) is 3.97. The summed E-state index contributed by atoms with van der Waals surface area (Å²) in [4.78, 5) is 18.5. The lowest BCUT2D eigenvalue weighted by atomic mass is 10.0. The quantitative estimate of drug-likeness (QED) is 0.793. The molecule has 0 aliphatic rings. The number of aryl methyl sites for hydroxylation is 1. The predicted molar refractivity (Wildman–Crippen MR) is 77.8 cm³/mol. The zero-order valence-electron chi connectivity index (χ0n) is 11.6. The van der Waals surface area contributed by atoms with Crippen molar-refractivity contribution < 1.29 is 9.53 Å². The Morgan fingerprint density at radius 2 is 1.90 bits per heavy atom. The van der Waals surface area contributed by atoms with Crippen molar-refractivity contribution in [3.63, 3.8) is 0 Å². The van der Waals surface area contributed by atoms with E-state index in [-0.39, 0.29) is 6.01 Å². The molecule has 5 heteroatoms. The van der Waals surface area contributed by atoms with Crippen molar-refractivity contribution in [2.45, 2.75) is 26.7 Å². The molecule has 0 N–H and O–H groups in total. The molecule has 4 nitrogen and oxygen atoms in total. The third-order valence-corrected chi connectivity index (χ3v) is 3.23. The Morgan fingerprint density at radius 1 is 1.25 bits per heavy atom. The smallest absolute Gasteiger partial charge is 0.321 e. The van der Waals surface area contributed by atoms with Crippen LogP contribution in [0.2, 0.25) is 5.02 Å². The van der Waals surface area contributed by atoms with Crippen molar-refractivity contribution in [3.8, 4) is 11.8 Å². The average Bonchev–Trinajstić information content (AvgIpc) is 2.42. The van der Waals surface area contributed by atoms with E-state index in [1.807, 2.05) is 19.1 Å². The molecule has 0 fully saturated rings. The van der Waals surface area contributed by atoms with Gasteiger partial charge in [-0.1, -0.05) is 25.4 Å². The lowest BCUT2D eigenvalue weighted by Crippen LogP contribution is -1.97. The van der Waals surface area contributed by atoms with Crippen LogP contribution in [0.3, 0.4) is 0 Å². The van der Waals surface area contributed by atoms with Gasteiger partial charge in [0, 0.05) is 17.4 Å². The lowest BCUT2D eigenvalue weighted by Gasteiger charge is -2.13. The summed E-state index contributed by atoms with van der Waals surface area (Å²) in [6.07, 6.45) is 3.53. The third-order valence-electron chi connectivity index (χ3n) is 2.90. The Kier molecular flexibility index (Phi) is 4.35. The Hall–Kier alpha value is -1.94. The largest absolute Gasteiger partial charge is 0.424 e. The summed E-state index contributed by atoms with van der Waals surface area (Å²) in [6.45, 7) is 6.04. The molecule has 0 saturated heterocycles. The van der Waals surface area contributed by atoms with Crippen LogP contribution in [0.4, 0.5) is 0 Å². The van der Waals surface area contributed by atoms with E-state index in [2.05, 4.69) is 23.8 Å². The van der Waals surface area contributed by atoms with Crippen molar-refractivity contribution >= 4 is 17.9 Å². The van der Waals surface area contributed by atoms with Crippen LogP contribution in [0.25, 0.3) is 0 Å². The lowest BCUT2D eigenvalue weighted by molar-refractivity contribution is 0.112. The van der Waals surface area contributed by atoms with Gasteiger partial charge in [-0.2, -0.15) is 0 Å². The van der Waals surface area contributed by atoms with Gasteiger partial charge in [0.05, 0.1) is 5.56 Å². The molecule has 20 heavy (non-hydrogen) atoms. The molecule has 0 radical (unpaired) electrons. The molecule has 2 aromatic rings. The number of aromatic nitrogens is 2. The van der Waals surface area contributed by atoms with Crippen LogP contribution in [0.1, 0.15) is 41.3 Å². The number of aldehydes is 1. The highest BCUT2D eigenvalue weighted by Crippen LogP contribution is 2.32. The minimum Gasteiger partial charge on any atom is -0.424 e. The Labute approximate surface area is 122 Å². The maximum absolute atomic E-state index is 10.6. The fourth-order valence-corrected chi connectivity index (χ4v) is 2.20. The SMILES string of the molecule is Cc1cc(Cl)c(C(C)C)cc1Oc1ncc(C=O)cn1. The topological polar surface area (TPSA) is 52.1 Å². The second kappa shape index (κ2) is 6.01. The predicted octanol–water partition coefficient (Wildman–Crippen LogP) is 4.17. The minimum atomic E-state index is 0.204. The molecular formula is C15H15ClN2O2. The second-order valence-electron chi connectivity index (χ2n) is 4.81. The number of benzene rings is 1. The van der Waals surface area contributed by atoms with E-state index in [0.29, 0.717) is 23.5 Å². The fraction of sp³-hybridized carbons (Fsp3) is 0.267. The molecular weight excluding hydrogens is 276 g/mol. The van der Waals surface area contributed by atoms with Crippen molar-refractivity contribution in [2.75, 3.05) is 0 Å². The van der Waals surface area contributed by atoms with Gasteiger partial charge in [-0.15, -0.1) is 0 Å². The number of nitrogens with zero attached hydrogens (tertiary/aromatic N) is 2. The van der Waals surface area contributed by atoms with E-state index < -0.39 is 0 Å². The van der Waals surface area contributed by atoms with Gasteiger partial charge in [0.15, 0.2) is 6.29 Å². The maximum atomic E-state index is 10.6. The van der Waals surface area contributed by atoms with Gasteiger partial charge >= 0.3 is 6.01 Å². The standard InChI is InChI=1S/C15H15ClN2O2/c1-9(2)12-5-14(10(3)4-13(12)16)20-15-17-6-11(8-19)7-18-15/h4-9H,1-3H3. The number of hydrogen-bond donors (Lipinski definition) is 0. The van der Waals surface area contributed by atoms with Crippen LogP contribution in [0.15, 0.2) is 24.5 Å². The molecule has 1 aromatic heterocycles. The van der Waals surface area contributed by atoms with E-state index in [0.717, 1.165) is 16.1 Å². The number of ether oxygens (including phenoxy) is 1. The zero-order valence-corrected chi connectivity index (χ0v) is 12.3. The molecule has 1 heterocycles. The third kappa shape index (κ3) is 3.14. The zero-order chi connectivity index (χ0) is 14.7. The van der Waals surface area contributed by atoms with Gasteiger partial charge < -0.3 is 4.74 Å². The van der Waals surface area contributed by atoms with Crippen LogP contribution < -0.4 is 4.74 Å². The Morgan fingerprint density at radius 3 is 2.45 bits per heavy atom. The van der Waals surface area contributed by atoms with Gasteiger partial charge in [-0.05, 0) is 36.1 Å². The van der Waals surface area contributed by atoms with Crippen LogP contribution in [-0.2, 0) is 0 Å². The highest BCUT2D eigenvalue weighted by atomic mass is 35.5. The molecule has 0 atom stereocenters. The molecule has 0 unspecified atom stereocenters. The molecule has 0 bridgehead atoms. The van der Waals surface area contributed by atoms with Crippen molar-refractivity contribution in [2.24, 2.45) is 0 Å². The fourth-order valence-electron chi connectivity index (χ4n) is 1.76. The van der Waals surface area contributed by atoms with Gasteiger partial charge in [0.25, 0.3) is 0 Å². The average molecular weight is 291 g/mol. The summed E-state index contributed by atoms with van der Waals surface area (Å²) in [7, 11) is 0. The highest BCUT2D eigenvalue weighted by Gasteiger charge is 2.11. The summed E-state index contributed by atoms with van der Waals surface area (Å²) in [5.41, 5.74) is 2.33. The summed E-state index contributed by atoms with van der Waals surface area (Å²) in [5, 5.41) is 0.724. The van der Waals surface area contributed by atoms with Crippen LogP contribution >= 0.6 is 11.6 Å². The van der Waals surface area contributed by atoms with E-state index in [1.54, 1.807) is 0 Å². The Bertz CT molecular complexity index is 625. The molecule has 0 spiro atoms. The van der Waals surface area contributed by atoms with E-state index in [4.69, 9.17) is 16.3 Å². The molecule has 104 valence electrons. The van der Waals surface area contributed by atoms with Crippen molar-refractivity contribution in [3.05, 3.63) is 46.2 Å². The van der Waals surface area contributed by atoms with Crippen molar-refractivity contribution in [1.29, 1.82) is 0 Å². The molecule has 0 saturated carbocycles. The Balaban J connectivity index is 2.32. The van der Waals surface area contributed by atoms with Gasteiger partial charge in [0.2, 0.25) is 0 Å². The summed E-state index contributed by atoms with van der Waals surface area (Å²) < 4.78 is 5.66. The second-order valence-corrected chi connectivity index (χ2v) is 5.22. The summed E-state index contributed by atoms with van der Waals surface area (Å²) >= 11 is 6.21. The number of rotatable bonds is 4. The number of halogens is 1. The number of carbonyl (C=O) groups is 1. The van der Waals surface area contributed by atoms with E-state index in [9.17, 15) is 4.79 Å². The van der Waals surface area contributed by atoms with Gasteiger partial charge in [-0.25, -0.2) is 9.97 Å². The molecule has 1 aromatic carbocycles. The molecule has 0 amide bonds. The normalized spacial score (nSPS) is 10.7. The van der Waals surface area contributed by atoms with Crippen LogP contribution in [0.5, 0.6) is 11.8 Å². The van der Waals surface area contributed by atoms with Gasteiger partial charge in [-0.3, -0.25) is 4.79 Å². The molecule has 2 rings (SSSR count). The monoisotopic (exact) mass is 290 g/mol. The van der Waals surface area contributed by atoms with E-state index in [1.165, 1.54) is 12.4 Å². The minimum absolute atomic E-state index is 0.204. The summed E-state index contributed by atoms with van der Waals surface area (Å²) in [5.74, 6) is 0.959. The maximum Gasteiger partial charge on any atom is 0.321 e. The first kappa shape index (κ1) is 14.5. The first-order valence-electron chi connectivity index (χ1n) is 6.26. The van der Waals surface area contributed by atoms with E-state index >= 15 is 0 Å². The number of carbonyl (C=O) groups excluding carboxylic acids is 1. The van der Waals surface area contributed by atoms with Crippen LogP contribution in [0, 0.1) is 6.92 Å². The molecule has 0 aliphatic heterocycles. The van der Waals surface area contributed by atoms with Crippen LogP contribution in [-0.4, -0.2) is 16.3 Å². The number of hydrogen-bond acceptors (Lipinski definition) is 4. The highest BCUT2D eigenvalue weighted by molar-refractivity contribution is 6.31. The van der Waals surface area contributed by atoms with Gasteiger partial charge in [0.1, 0.15) is 5.75 Å². The first-order chi connectivity index (χ1) is 9.51. The van der Waals surface area contributed by atoms with Crippen molar-refractivity contribution in [1.82, 2.24) is 9.97 Å².